The number of likely N-dealkylation sites (tertiary alicyclic amines) is 1. The van der Waals surface area contributed by atoms with E-state index in [2.05, 4.69) is 5.32 Å². The number of carbonyl (C=O) groups excluding carboxylic acids is 2. The number of nitrogens with one attached hydrogen (secondary N) is 1. The highest BCUT2D eigenvalue weighted by Crippen LogP contribution is 2.29. The van der Waals surface area contributed by atoms with Crippen molar-refractivity contribution in [2.45, 2.75) is 49.3 Å². The minimum Gasteiger partial charge on any atom is -0.352 e. The van der Waals surface area contributed by atoms with E-state index in [1.54, 1.807) is 5.38 Å². The van der Waals surface area contributed by atoms with E-state index < -0.39 is 10.0 Å². The maximum Gasteiger partial charge on any atom is 0.254 e. The first-order valence-electron chi connectivity index (χ1n) is 11.6. The van der Waals surface area contributed by atoms with Gasteiger partial charge in [0.1, 0.15) is 4.21 Å². The Morgan fingerprint density at radius 1 is 0.970 bits per heavy atom. The van der Waals surface area contributed by atoms with E-state index in [0.29, 0.717) is 38.0 Å². The Balaban J connectivity index is 1.32. The molecule has 0 radical (unpaired) electrons. The van der Waals surface area contributed by atoms with Crippen LogP contribution in [0.25, 0.3) is 0 Å². The smallest absolute Gasteiger partial charge is 0.254 e. The van der Waals surface area contributed by atoms with E-state index in [4.69, 9.17) is 0 Å². The maximum atomic E-state index is 13.2. The number of hydrogen-bond donors (Lipinski definition) is 1. The standard InChI is InChI=1S/C24H31N3O4S2/c28-23(25-17-19-8-4-3-5-9-19)20-10-14-27(15-11-20)33(30,31)22-16-21(18-32-22)24(29)26-12-6-1-2-7-13-26/h3-5,8-9,16,18,20H,1-2,6-7,10-15,17H2,(H,25,28). The molecule has 1 N–H and O–H groups in total. The molecule has 7 nitrogen and oxygen atoms in total. The highest BCUT2D eigenvalue weighted by molar-refractivity contribution is 7.91. The Bertz CT molecular complexity index is 1050. The summed E-state index contributed by atoms with van der Waals surface area (Å²) in [5.74, 6) is -0.301. The first kappa shape index (κ1) is 23.9. The lowest BCUT2D eigenvalue weighted by Gasteiger charge is -2.30. The minimum absolute atomic E-state index is 0.0302. The maximum absolute atomic E-state index is 13.2. The van der Waals surface area contributed by atoms with Gasteiger partial charge in [0.2, 0.25) is 5.91 Å². The van der Waals surface area contributed by atoms with E-state index in [1.807, 2.05) is 35.2 Å². The molecule has 4 rings (SSSR count). The van der Waals surface area contributed by atoms with Crippen LogP contribution in [0.4, 0.5) is 0 Å². The van der Waals surface area contributed by atoms with Crippen LogP contribution in [0, 0.1) is 5.92 Å². The lowest BCUT2D eigenvalue weighted by Crippen LogP contribution is -2.42. The molecule has 2 saturated heterocycles. The molecule has 2 amide bonds. The number of piperidine rings is 1. The lowest BCUT2D eigenvalue weighted by atomic mass is 9.97. The van der Waals surface area contributed by atoms with Crippen molar-refractivity contribution in [3.05, 3.63) is 52.9 Å². The van der Waals surface area contributed by atoms with Crippen LogP contribution in [0.5, 0.6) is 0 Å². The van der Waals surface area contributed by atoms with Crippen LogP contribution >= 0.6 is 11.3 Å². The molecule has 0 saturated carbocycles. The van der Waals surface area contributed by atoms with Crippen LogP contribution in [0.2, 0.25) is 0 Å². The van der Waals surface area contributed by atoms with Crippen LogP contribution in [-0.4, -0.2) is 55.6 Å². The molecule has 178 valence electrons. The fourth-order valence-electron chi connectivity index (χ4n) is 4.44. The van der Waals surface area contributed by atoms with Gasteiger partial charge < -0.3 is 10.2 Å². The summed E-state index contributed by atoms with van der Waals surface area (Å²) in [4.78, 5) is 27.2. The Morgan fingerprint density at radius 3 is 2.30 bits per heavy atom. The molecular weight excluding hydrogens is 458 g/mol. The summed E-state index contributed by atoms with van der Waals surface area (Å²) in [6, 6.07) is 11.2. The quantitative estimate of drug-likeness (QED) is 0.673. The molecule has 3 heterocycles. The fourth-order valence-corrected chi connectivity index (χ4v) is 7.21. The van der Waals surface area contributed by atoms with Gasteiger partial charge in [-0.15, -0.1) is 11.3 Å². The molecule has 1 aromatic carbocycles. The van der Waals surface area contributed by atoms with Gasteiger partial charge in [0.05, 0.1) is 5.56 Å². The second-order valence-electron chi connectivity index (χ2n) is 8.74. The van der Waals surface area contributed by atoms with Crippen molar-refractivity contribution in [1.82, 2.24) is 14.5 Å². The first-order valence-corrected chi connectivity index (χ1v) is 14.0. The van der Waals surface area contributed by atoms with Crippen molar-refractivity contribution in [3.8, 4) is 0 Å². The van der Waals surface area contributed by atoms with Crippen LogP contribution in [0.15, 0.2) is 46.0 Å². The number of carbonyl (C=O) groups is 2. The number of thiophene rings is 1. The van der Waals surface area contributed by atoms with Crippen LogP contribution < -0.4 is 5.32 Å². The molecule has 9 heteroatoms. The summed E-state index contributed by atoms with van der Waals surface area (Å²) in [6.07, 6.45) is 5.24. The van der Waals surface area contributed by atoms with Gasteiger partial charge >= 0.3 is 0 Å². The average Bonchev–Trinajstić information content (AvgIpc) is 3.20. The number of rotatable bonds is 6. The Labute approximate surface area is 199 Å². The van der Waals surface area contributed by atoms with Gasteiger partial charge in [0, 0.05) is 44.0 Å². The summed E-state index contributed by atoms with van der Waals surface area (Å²) < 4.78 is 28.0. The van der Waals surface area contributed by atoms with Crippen molar-refractivity contribution in [3.63, 3.8) is 0 Å². The molecular formula is C24H31N3O4S2. The summed E-state index contributed by atoms with van der Waals surface area (Å²) in [5.41, 5.74) is 1.49. The van der Waals surface area contributed by atoms with Gasteiger partial charge in [-0.2, -0.15) is 4.31 Å². The molecule has 0 aliphatic carbocycles. The van der Waals surface area contributed by atoms with Crippen molar-refractivity contribution in [2.24, 2.45) is 5.92 Å². The number of benzene rings is 1. The summed E-state index contributed by atoms with van der Waals surface area (Å²) in [7, 11) is -3.67. The SMILES string of the molecule is O=C(NCc1ccccc1)C1CCN(S(=O)(=O)c2cc(C(=O)N3CCCCCC3)cs2)CC1. The zero-order valence-electron chi connectivity index (χ0n) is 18.7. The normalized spacial score (nSPS) is 18.6. The minimum atomic E-state index is -3.67. The molecule has 0 unspecified atom stereocenters. The van der Waals surface area contributed by atoms with Gasteiger partial charge in [0.15, 0.2) is 0 Å². The molecule has 0 bridgehead atoms. The van der Waals surface area contributed by atoms with Crippen LogP contribution in [-0.2, 0) is 21.4 Å². The highest BCUT2D eigenvalue weighted by atomic mass is 32.2. The molecule has 2 aliphatic rings. The molecule has 2 aromatic rings. The van der Waals surface area contributed by atoms with E-state index in [1.165, 1.54) is 10.4 Å². The molecule has 2 aliphatic heterocycles. The van der Waals surface area contributed by atoms with E-state index in [9.17, 15) is 18.0 Å². The molecule has 0 atom stereocenters. The Hall–Kier alpha value is -2.23. The Kier molecular flexibility index (Phi) is 7.82. The van der Waals surface area contributed by atoms with Crippen molar-refractivity contribution < 1.29 is 18.0 Å². The number of sulfonamides is 1. The third-order valence-corrected chi connectivity index (χ3v) is 9.76. The van der Waals surface area contributed by atoms with Gasteiger partial charge in [-0.3, -0.25) is 9.59 Å². The van der Waals surface area contributed by atoms with Crippen LogP contribution in [0.3, 0.4) is 0 Å². The third kappa shape index (κ3) is 5.83. The molecule has 0 spiro atoms. The summed E-state index contributed by atoms with van der Waals surface area (Å²) in [5, 5.41) is 4.61. The van der Waals surface area contributed by atoms with Gasteiger partial charge in [0.25, 0.3) is 15.9 Å². The monoisotopic (exact) mass is 489 g/mol. The van der Waals surface area contributed by atoms with Crippen LogP contribution in [0.1, 0.15) is 54.4 Å². The van der Waals surface area contributed by atoms with Gasteiger partial charge in [-0.1, -0.05) is 43.2 Å². The number of nitrogens with zero attached hydrogens (tertiary/aromatic N) is 2. The van der Waals surface area contributed by atoms with E-state index >= 15 is 0 Å². The van der Waals surface area contributed by atoms with E-state index in [-0.39, 0.29) is 21.9 Å². The largest absolute Gasteiger partial charge is 0.352 e. The van der Waals surface area contributed by atoms with Crippen molar-refractivity contribution in [1.29, 1.82) is 0 Å². The third-order valence-electron chi connectivity index (χ3n) is 6.44. The predicted octanol–water partition coefficient (Wildman–Crippen LogP) is 3.48. The molecule has 33 heavy (non-hydrogen) atoms. The number of amides is 2. The van der Waals surface area contributed by atoms with Crippen molar-refractivity contribution in [2.75, 3.05) is 26.2 Å². The zero-order chi connectivity index (χ0) is 23.3. The summed E-state index contributed by atoms with van der Waals surface area (Å²) in [6.45, 7) is 2.55. The predicted molar refractivity (Wildman–Crippen MR) is 128 cm³/mol. The summed E-state index contributed by atoms with van der Waals surface area (Å²) >= 11 is 1.10. The van der Waals surface area contributed by atoms with Gasteiger partial charge in [-0.05, 0) is 37.3 Å². The van der Waals surface area contributed by atoms with Crippen molar-refractivity contribution >= 4 is 33.2 Å². The molecule has 2 fully saturated rings. The Morgan fingerprint density at radius 2 is 1.64 bits per heavy atom. The molecule has 1 aromatic heterocycles. The average molecular weight is 490 g/mol. The second-order valence-corrected chi connectivity index (χ2v) is 11.8. The first-order chi connectivity index (χ1) is 15.9. The highest BCUT2D eigenvalue weighted by Gasteiger charge is 2.33. The second kappa shape index (κ2) is 10.8. The van der Waals surface area contributed by atoms with E-state index in [0.717, 1.165) is 55.7 Å². The number of hydrogen-bond acceptors (Lipinski definition) is 5. The topological polar surface area (TPSA) is 86.8 Å². The zero-order valence-corrected chi connectivity index (χ0v) is 20.4. The lowest BCUT2D eigenvalue weighted by molar-refractivity contribution is -0.126. The fraction of sp³-hybridized carbons (Fsp3) is 0.500. The van der Waals surface area contributed by atoms with Gasteiger partial charge in [-0.25, -0.2) is 8.42 Å².